The minimum atomic E-state index is -1.07. The van der Waals surface area contributed by atoms with E-state index in [1.165, 1.54) is 4.90 Å². The van der Waals surface area contributed by atoms with E-state index in [1.54, 1.807) is 20.8 Å². The first kappa shape index (κ1) is 22.1. The van der Waals surface area contributed by atoms with Crippen molar-refractivity contribution in [2.45, 2.75) is 58.2 Å². The van der Waals surface area contributed by atoms with E-state index in [9.17, 15) is 19.1 Å². The Kier molecular flexibility index (Phi) is 7.77. The lowest BCUT2D eigenvalue weighted by atomic mass is 10.1. The minimum absolute atomic E-state index is 0.0748. The van der Waals surface area contributed by atoms with E-state index in [0.29, 0.717) is 13.2 Å². The second-order valence-corrected chi connectivity index (χ2v) is 7.71. The highest BCUT2D eigenvalue weighted by molar-refractivity contribution is 5.81. The van der Waals surface area contributed by atoms with Crippen LogP contribution in [0.5, 0.6) is 0 Å². The smallest absolute Gasteiger partial charge is 0.411 e. The minimum Gasteiger partial charge on any atom is -0.480 e. The lowest BCUT2D eigenvalue weighted by Crippen LogP contribution is -2.43. The molecule has 2 rings (SSSR count). The van der Waals surface area contributed by atoms with Gasteiger partial charge in [0.15, 0.2) is 0 Å². The molecule has 1 heterocycles. The van der Waals surface area contributed by atoms with Gasteiger partial charge in [0.05, 0.1) is 32.5 Å². The number of carbonyl (C=O) groups excluding carboxylic acids is 1. The zero-order valence-corrected chi connectivity index (χ0v) is 16.5. The molecular formula is C20H28FNO6. The highest BCUT2D eigenvalue weighted by Crippen LogP contribution is 2.24. The first-order valence-electron chi connectivity index (χ1n) is 9.25. The van der Waals surface area contributed by atoms with Gasteiger partial charge in [-0.3, -0.25) is 4.90 Å². The van der Waals surface area contributed by atoms with Crippen molar-refractivity contribution in [3.05, 3.63) is 35.4 Å². The van der Waals surface area contributed by atoms with E-state index in [2.05, 4.69) is 0 Å². The van der Waals surface area contributed by atoms with Crippen molar-refractivity contribution in [3.8, 4) is 0 Å². The number of alkyl halides is 1. The Morgan fingerprint density at radius 2 is 1.79 bits per heavy atom. The Hall–Kier alpha value is -2.19. The third-order valence-electron chi connectivity index (χ3n) is 4.17. The number of likely N-dealkylation sites (tertiary alicyclic amines) is 1. The van der Waals surface area contributed by atoms with Crippen LogP contribution in [0.4, 0.5) is 9.18 Å². The maximum atomic E-state index is 12.3. The average Bonchev–Trinajstić information content (AvgIpc) is 3.05. The van der Waals surface area contributed by atoms with Gasteiger partial charge in [-0.2, -0.15) is 0 Å². The van der Waals surface area contributed by atoms with Crippen molar-refractivity contribution in [3.63, 3.8) is 0 Å². The Balaban J connectivity index is 1.88. The van der Waals surface area contributed by atoms with Gasteiger partial charge in [-0.25, -0.2) is 14.0 Å². The van der Waals surface area contributed by atoms with Crippen LogP contribution in [0.25, 0.3) is 0 Å². The van der Waals surface area contributed by atoms with Crippen molar-refractivity contribution in [1.29, 1.82) is 0 Å². The molecule has 1 amide bonds. The molecule has 1 aromatic rings. The van der Waals surface area contributed by atoms with Gasteiger partial charge in [-0.1, -0.05) is 24.3 Å². The summed E-state index contributed by atoms with van der Waals surface area (Å²) in [5.74, 6) is -1.07. The van der Waals surface area contributed by atoms with Crippen molar-refractivity contribution >= 4 is 12.1 Å². The highest BCUT2D eigenvalue weighted by Gasteiger charge is 2.42. The lowest BCUT2D eigenvalue weighted by molar-refractivity contribution is -0.142. The molecular weight excluding hydrogens is 369 g/mol. The second-order valence-electron chi connectivity index (χ2n) is 7.71. The van der Waals surface area contributed by atoms with E-state index >= 15 is 0 Å². The van der Waals surface area contributed by atoms with Crippen molar-refractivity contribution in [2.75, 3.05) is 19.8 Å². The Labute approximate surface area is 164 Å². The Bertz CT molecular complexity index is 658. The molecule has 1 aliphatic heterocycles. The molecule has 0 bridgehead atoms. The number of hydrogen-bond acceptors (Lipinski definition) is 5. The third-order valence-corrected chi connectivity index (χ3v) is 4.17. The molecule has 0 aromatic heterocycles. The number of rotatable bonds is 8. The summed E-state index contributed by atoms with van der Waals surface area (Å²) in [5.41, 5.74) is 1.14. The van der Waals surface area contributed by atoms with Gasteiger partial charge in [0.1, 0.15) is 18.3 Å². The largest absolute Gasteiger partial charge is 0.480 e. The molecule has 0 aliphatic carbocycles. The van der Waals surface area contributed by atoms with Crippen LogP contribution in [-0.2, 0) is 32.2 Å². The number of amides is 1. The van der Waals surface area contributed by atoms with Crippen LogP contribution in [0.1, 0.15) is 38.3 Å². The fourth-order valence-electron chi connectivity index (χ4n) is 2.86. The number of ether oxygens (including phenoxy) is 3. The van der Waals surface area contributed by atoms with Gasteiger partial charge in [0, 0.05) is 6.42 Å². The molecule has 2 atom stereocenters. The van der Waals surface area contributed by atoms with Crippen LogP contribution in [-0.4, -0.2) is 59.6 Å². The van der Waals surface area contributed by atoms with E-state index in [1.807, 2.05) is 24.3 Å². The number of benzene rings is 1. The van der Waals surface area contributed by atoms with Crippen LogP contribution >= 0.6 is 0 Å². The number of carboxylic acids is 1. The molecule has 156 valence electrons. The molecule has 0 saturated carbocycles. The molecule has 8 heteroatoms. The average molecular weight is 397 g/mol. The summed E-state index contributed by atoms with van der Waals surface area (Å²) in [6, 6.07) is 6.54. The third kappa shape index (κ3) is 6.76. The summed E-state index contributed by atoms with van der Waals surface area (Å²) in [4.78, 5) is 25.0. The molecule has 28 heavy (non-hydrogen) atoms. The summed E-state index contributed by atoms with van der Waals surface area (Å²) in [6.45, 7) is 5.58. The Morgan fingerprint density at radius 1 is 1.18 bits per heavy atom. The first-order valence-corrected chi connectivity index (χ1v) is 9.25. The van der Waals surface area contributed by atoms with Crippen LogP contribution in [0, 0.1) is 0 Å². The van der Waals surface area contributed by atoms with Gasteiger partial charge in [0.2, 0.25) is 0 Å². The van der Waals surface area contributed by atoms with Gasteiger partial charge in [0.25, 0.3) is 0 Å². The zero-order valence-electron chi connectivity index (χ0n) is 16.5. The number of hydrogen-bond donors (Lipinski definition) is 1. The van der Waals surface area contributed by atoms with Gasteiger partial charge >= 0.3 is 12.1 Å². The number of halogens is 1. The molecule has 0 unspecified atom stereocenters. The lowest BCUT2D eigenvalue weighted by Gasteiger charge is -2.26. The highest BCUT2D eigenvalue weighted by atomic mass is 19.1. The predicted octanol–water partition coefficient (Wildman–Crippen LogP) is 3.15. The maximum Gasteiger partial charge on any atom is 0.411 e. The second kappa shape index (κ2) is 9.84. The van der Waals surface area contributed by atoms with Gasteiger partial charge in [-0.05, 0) is 31.9 Å². The summed E-state index contributed by atoms with van der Waals surface area (Å²) < 4.78 is 28.3. The summed E-state index contributed by atoms with van der Waals surface area (Å²) in [7, 11) is 0. The first-order chi connectivity index (χ1) is 13.2. The van der Waals surface area contributed by atoms with Crippen molar-refractivity contribution in [1.82, 2.24) is 4.90 Å². The van der Waals surface area contributed by atoms with Crippen LogP contribution in [0.3, 0.4) is 0 Å². The Morgan fingerprint density at radius 3 is 2.32 bits per heavy atom. The van der Waals surface area contributed by atoms with E-state index in [-0.39, 0.29) is 25.7 Å². The van der Waals surface area contributed by atoms with Crippen LogP contribution in [0.15, 0.2) is 24.3 Å². The molecule has 1 N–H and O–H groups in total. The van der Waals surface area contributed by atoms with E-state index < -0.39 is 30.4 Å². The predicted molar refractivity (Wildman–Crippen MR) is 99.6 cm³/mol. The molecule has 1 aromatic carbocycles. The molecule has 1 fully saturated rings. The zero-order chi connectivity index (χ0) is 20.7. The van der Waals surface area contributed by atoms with Gasteiger partial charge < -0.3 is 19.3 Å². The molecule has 0 radical (unpaired) electrons. The molecule has 1 aliphatic rings. The molecule has 0 spiro atoms. The van der Waals surface area contributed by atoms with Crippen molar-refractivity contribution in [2.24, 2.45) is 0 Å². The fraction of sp³-hybridized carbons (Fsp3) is 0.600. The number of aliphatic carboxylic acids is 1. The van der Waals surface area contributed by atoms with E-state index in [4.69, 9.17) is 14.2 Å². The van der Waals surface area contributed by atoms with Crippen LogP contribution < -0.4 is 0 Å². The number of nitrogens with zero attached hydrogens (tertiary/aromatic N) is 1. The summed E-state index contributed by atoms with van der Waals surface area (Å²) in [6.07, 6.45) is -0.825. The fourth-order valence-corrected chi connectivity index (χ4v) is 2.86. The monoisotopic (exact) mass is 397 g/mol. The molecule has 1 saturated heterocycles. The summed E-state index contributed by atoms with van der Waals surface area (Å²) in [5, 5.41) is 9.41. The van der Waals surface area contributed by atoms with E-state index in [0.717, 1.165) is 11.1 Å². The molecule has 7 nitrogen and oxygen atoms in total. The SMILES string of the molecule is CC(C)(C)OC(=O)N1C[C@H](OCc2ccc(COCCF)cc2)C[C@H]1C(=O)O. The standard InChI is InChI=1S/C20H28FNO6/c1-20(2,3)28-19(25)22-11-16(10-17(22)18(23)24)27-13-15-6-4-14(5-7-15)12-26-9-8-21/h4-7,16-17H,8-13H2,1-3H3,(H,23,24)/t16-,17+/m1/s1. The number of carboxylic acid groups (broad SMARTS) is 1. The number of carbonyl (C=O) groups is 2. The maximum absolute atomic E-state index is 12.3. The van der Waals surface area contributed by atoms with Crippen LogP contribution in [0.2, 0.25) is 0 Å². The van der Waals surface area contributed by atoms with Gasteiger partial charge in [-0.15, -0.1) is 0 Å². The summed E-state index contributed by atoms with van der Waals surface area (Å²) >= 11 is 0. The topological polar surface area (TPSA) is 85.3 Å². The normalized spacial score (nSPS) is 19.6. The quantitative estimate of drug-likeness (QED) is 0.679. The van der Waals surface area contributed by atoms with Crippen molar-refractivity contribution < 1.29 is 33.3 Å².